The van der Waals surface area contributed by atoms with E-state index >= 15 is 0 Å². The second-order valence-corrected chi connectivity index (χ2v) is 3.12. The van der Waals surface area contributed by atoms with Gasteiger partial charge in [0.15, 0.2) is 0 Å². The predicted molar refractivity (Wildman–Crippen MR) is 59.8 cm³/mol. The molecule has 0 saturated carbocycles. The molecule has 1 aliphatic heterocycles. The number of ether oxygens (including phenoxy) is 1. The summed E-state index contributed by atoms with van der Waals surface area (Å²) < 4.78 is 4.83. The van der Waals surface area contributed by atoms with Crippen molar-refractivity contribution in [3.05, 3.63) is 35.4 Å². The molecule has 0 bridgehead atoms. The van der Waals surface area contributed by atoms with Gasteiger partial charge < -0.3 is 10.1 Å². The summed E-state index contributed by atoms with van der Waals surface area (Å²) in [6, 6.07) is 7.63. The quantitative estimate of drug-likeness (QED) is 0.805. The Morgan fingerprint density at radius 3 is 2.47 bits per heavy atom. The SMILES string of the molecule is CCOCC.O=C1NCc2ccccc21. The summed E-state index contributed by atoms with van der Waals surface area (Å²) in [6.07, 6.45) is 0. The van der Waals surface area contributed by atoms with Gasteiger partial charge in [-0.05, 0) is 25.5 Å². The van der Waals surface area contributed by atoms with Crippen molar-refractivity contribution >= 4 is 5.91 Å². The second kappa shape index (κ2) is 6.19. The van der Waals surface area contributed by atoms with Crippen LogP contribution >= 0.6 is 0 Å². The molecule has 3 nitrogen and oxygen atoms in total. The van der Waals surface area contributed by atoms with E-state index in [0.29, 0.717) is 6.54 Å². The number of amides is 1. The molecule has 0 fully saturated rings. The standard InChI is InChI=1S/C8H7NO.C4H10O/c10-8-7-4-2-1-3-6(7)5-9-8;1-3-5-4-2/h1-4H,5H2,(H,9,10);3-4H2,1-2H3. The Labute approximate surface area is 90.4 Å². The van der Waals surface area contributed by atoms with Crippen LogP contribution in [0.5, 0.6) is 0 Å². The van der Waals surface area contributed by atoms with Crippen LogP contribution < -0.4 is 5.32 Å². The van der Waals surface area contributed by atoms with Crippen LogP contribution in [0, 0.1) is 0 Å². The molecule has 1 amide bonds. The summed E-state index contributed by atoms with van der Waals surface area (Å²) in [5.74, 6) is 0.0515. The normalized spacial score (nSPS) is 12.5. The van der Waals surface area contributed by atoms with E-state index in [1.807, 2.05) is 38.1 Å². The monoisotopic (exact) mass is 207 g/mol. The Balaban J connectivity index is 0.000000195. The van der Waals surface area contributed by atoms with Crippen LogP contribution in [-0.4, -0.2) is 19.1 Å². The van der Waals surface area contributed by atoms with Crippen LogP contribution in [0.15, 0.2) is 24.3 Å². The molecule has 1 N–H and O–H groups in total. The van der Waals surface area contributed by atoms with E-state index in [1.54, 1.807) is 0 Å². The van der Waals surface area contributed by atoms with Crippen molar-refractivity contribution in [3.63, 3.8) is 0 Å². The zero-order valence-electron chi connectivity index (χ0n) is 9.25. The number of carbonyl (C=O) groups is 1. The summed E-state index contributed by atoms with van der Waals surface area (Å²) in [7, 11) is 0. The van der Waals surface area contributed by atoms with Crippen LogP contribution in [0.1, 0.15) is 29.8 Å². The molecule has 0 aromatic heterocycles. The Kier molecular flexibility index (Phi) is 4.84. The molecule has 0 spiro atoms. The molecule has 0 unspecified atom stereocenters. The van der Waals surface area contributed by atoms with Gasteiger partial charge in [0, 0.05) is 25.3 Å². The lowest BCUT2D eigenvalue weighted by Crippen LogP contribution is -2.12. The number of fused-ring (bicyclic) bond motifs is 1. The molecule has 0 radical (unpaired) electrons. The fourth-order valence-electron chi connectivity index (χ4n) is 1.37. The number of carbonyl (C=O) groups excluding carboxylic acids is 1. The molecule has 82 valence electrons. The Hall–Kier alpha value is -1.35. The maximum Gasteiger partial charge on any atom is 0.251 e. The minimum Gasteiger partial charge on any atom is -0.382 e. The van der Waals surface area contributed by atoms with Gasteiger partial charge in [-0.1, -0.05) is 18.2 Å². The van der Waals surface area contributed by atoms with E-state index < -0.39 is 0 Å². The first kappa shape index (κ1) is 11.7. The fraction of sp³-hybridized carbons (Fsp3) is 0.417. The number of hydrogen-bond donors (Lipinski definition) is 1. The minimum atomic E-state index is 0.0515. The van der Waals surface area contributed by atoms with Crippen LogP contribution in [0.2, 0.25) is 0 Å². The van der Waals surface area contributed by atoms with E-state index in [0.717, 1.165) is 24.3 Å². The molecule has 0 aliphatic carbocycles. The molecule has 0 atom stereocenters. The van der Waals surface area contributed by atoms with Crippen molar-refractivity contribution in [2.24, 2.45) is 0 Å². The molecule has 0 saturated heterocycles. The molecule has 1 heterocycles. The summed E-state index contributed by atoms with van der Waals surface area (Å²) in [5, 5.41) is 2.75. The highest BCUT2D eigenvalue weighted by Gasteiger charge is 2.16. The molecular formula is C12H17NO2. The van der Waals surface area contributed by atoms with Gasteiger partial charge in [0.25, 0.3) is 5.91 Å². The maximum absolute atomic E-state index is 11.0. The predicted octanol–water partition coefficient (Wildman–Crippen LogP) is 1.97. The van der Waals surface area contributed by atoms with Crippen molar-refractivity contribution in [2.75, 3.05) is 13.2 Å². The van der Waals surface area contributed by atoms with Crippen molar-refractivity contribution < 1.29 is 9.53 Å². The average molecular weight is 207 g/mol. The topological polar surface area (TPSA) is 38.3 Å². The van der Waals surface area contributed by atoms with Crippen LogP contribution in [0.3, 0.4) is 0 Å². The molecule has 1 aromatic rings. The van der Waals surface area contributed by atoms with E-state index in [2.05, 4.69) is 5.32 Å². The van der Waals surface area contributed by atoms with Gasteiger partial charge in [-0.3, -0.25) is 4.79 Å². The molecule has 2 rings (SSSR count). The van der Waals surface area contributed by atoms with E-state index in [-0.39, 0.29) is 5.91 Å². The second-order valence-electron chi connectivity index (χ2n) is 3.12. The zero-order chi connectivity index (χ0) is 11.1. The zero-order valence-corrected chi connectivity index (χ0v) is 9.25. The fourth-order valence-corrected chi connectivity index (χ4v) is 1.37. The summed E-state index contributed by atoms with van der Waals surface area (Å²) in [5.41, 5.74) is 1.93. The van der Waals surface area contributed by atoms with Gasteiger partial charge >= 0.3 is 0 Å². The van der Waals surface area contributed by atoms with Gasteiger partial charge in [-0.15, -0.1) is 0 Å². The first-order valence-electron chi connectivity index (χ1n) is 5.23. The summed E-state index contributed by atoms with van der Waals surface area (Å²) >= 11 is 0. The highest BCUT2D eigenvalue weighted by molar-refractivity contribution is 5.98. The highest BCUT2D eigenvalue weighted by Crippen LogP contribution is 2.13. The first-order valence-corrected chi connectivity index (χ1v) is 5.23. The smallest absolute Gasteiger partial charge is 0.251 e. The molecule has 3 heteroatoms. The van der Waals surface area contributed by atoms with Gasteiger partial charge in [-0.2, -0.15) is 0 Å². The highest BCUT2D eigenvalue weighted by atomic mass is 16.5. The molecular weight excluding hydrogens is 190 g/mol. The summed E-state index contributed by atoms with van der Waals surface area (Å²) in [6.45, 7) is 6.36. The third kappa shape index (κ3) is 3.36. The van der Waals surface area contributed by atoms with Crippen molar-refractivity contribution in [2.45, 2.75) is 20.4 Å². The van der Waals surface area contributed by atoms with Crippen molar-refractivity contribution in [1.29, 1.82) is 0 Å². The molecule has 1 aliphatic rings. The average Bonchev–Trinajstić information content (AvgIpc) is 2.64. The van der Waals surface area contributed by atoms with Gasteiger partial charge in [0.1, 0.15) is 0 Å². The summed E-state index contributed by atoms with van der Waals surface area (Å²) in [4.78, 5) is 11.0. The number of hydrogen-bond acceptors (Lipinski definition) is 2. The number of benzene rings is 1. The van der Waals surface area contributed by atoms with Gasteiger partial charge in [-0.25, -0.2) is 0 Å². The molecule has 1 aromatic carbocycles. The van der Waals surface area contributed by atoms with Gasteiger partial charge in [0.2, 0.25) is 0 Å². The Morgan fingerprint density at radius 1 is 1.27 bits per heavy atom. The van der Waals surface area contributed by atoms with Crippen LogP contribution in [-0.2, 0) is 11.3 Å². The van der Waals surface area contributed by atoms with E-state index in [4.69, 9.17) is 4.74 Å². The molecule has 15 heavy (non-hydrogen) atoms. The van der Waals surface area contributed by atoms with Gasteiger partial charge in [0.05, 0.1) is 0 Å². The lowest BCUT2D eigenvalue weighted by Gasteiger charge is -1.89. The van der Waals surface area contributed by atoms with Crippen LogP contribution in [0.25, 0.3) is 0 Å². The van der Waals surface area contributed by atoms with Crippen molar-refractivity contribution in [3.8, 4) is 0 Å². The number of nitrogens with one attached hydrogen (secondary N) is 1. The largest absolute Gasteiger partial charge is 0.382 e. The Morgan fingerprint density at radius 2 is 1.93 bits per heavy atom. The maximum atomic E-state index is 11.0. The van der Waals surface area contributed by atoms with Crippen molar-refractivity contribution in [1.82, 2.24) is 5.32 Å². The minimum absolute atomic E-state index is 0.0515. The number of rotatable bonds is 2. The Bertz CT molecular complexity index is 321. The van der Waals surface area contributed by atoms with Crippen LogP contribution in [0.4, 0.5) is 0 Å². The third-order valence-corrected chi connectivity index (χ3v) is 2.11. The lowest BCUT2D eigenvalue weighted by atomic mass is 10.1. The first-order chi connectivity index (χ1) is 7.29. The third-order valence-electron chi connectivity index (χ3n) is 2.11. The lowest BCUT2D eigenvalue weighted by molar-refractivity contribution is 0.0966. The van der Waals surface area contributed by atoms with E-state index in [1.165, 1.54) is 0 Å². The van der Waals surface area contributed by atoms with E-state index in [9.17, 15) is 4.79 Å².